The normalized spacial score (nSPS) is 11.8. The van der Waals surface area contributed by atoms with Gasteiger partial charge in [0.15, 0.2) is 0 Å². The van der Waals surface area contributed by atoms with Crippen LogP contribution in [0.3, 0.4) is 0 Å². The van der Waals surface area contributed by atoms with Crippen molar-refractivity contribution < 1.29 is 23.1 Å². The van der Waals surface area contributed by atoms with Gasteiger partial charge < -0.3 is 10.1 Å². The molecule has 1 atom stereocenters. The summed E-state index contributed by atoms with van der Waals surface area (Å²) >= 11 is 0. The molecule has 1 N–H and O–H groups in total. The zero-order valence-corrected chi connectivity index (χ0v) is 15.2. The van der Waals surface area contributed by atoms with E-state index in [-0.39, 0.29) is 18.4 Å². The Labute approximate surface area is 161 Å². The van der Waals surface area contributed by atoms with Crippen LogP contribution in [0.1, 0.15) is 11.1 Å². The van der Waals surface area contributed by atoms with Crippen LogP contribution in [0.2, 0.25) is 0 Å². The topological polar surface area (TPSA) is 55.4 Å². The van der Waals surface area contributed by atoms with Gasteiger partial charge in [-0.25, -0.2) is 13.6 Å². The van der Waals surface area contributed by atoms with E-state index < -0.39 is 29.6 Å². The number of halogens is 2. The number of hydrogen-bond donors (Lipinski definition) is 1. The SMILES string of the molecule is COC(=O)[C@H](Cc1cccc2ccccc12)NC(=O)Cc1ccc(F)cc1F. The van der Waals surface area contributed by atoms with E-state index in [2.05, 4.69) is 5.32 Å². The maximum Gasteiger partial charge on any atom is 0.328 e. The number of benzene rings is 3. The zero-order valence-electron chi connectivity index (χ0n) is 15.2. The van der Waals surface area contributed by atoms with Crippen molar-refractivity contribution in [2.24, 2.45) is 0 Å². The first-order valence-electron chi connectivity index (χ1n) is 8.75. The molecule has 0 saturated carbocycles. The molecule has 0 spiro atoms. The largest absolute Gasteiger partial charge is 0.467 e. The van der Waals surface area contributed by atoms with Crippen LogP contribution < -0.4 is 5.32 Å². The smallest absolute Gasteiger partial charge is 0.328 e. The van der Waals surface area contributed by atoms with Gasteiger partial charge in [0.2, 0.25) is 5.91 Å². The predicted octanol–water partition coefficient (Wildman–Crippen LogP) is 3.56. The lowest BCUT2D eigenvalue weighted by Gasteiger charge is -2.18. The van der Waals surface area contributed by atoms with Crippen molar-refractivity contribution in [1.29, 1.82) is 0 Å². The molecule has 0 saturated heterocycles. The van der Waals surface area contributed by atoms with Crippen LogP contribution in [0.5, 0.6) is 0 Å². The maximum atomic E-state index is 13.8. The second-order valence-electron chi connectivity index (χ2n) is 6.40. The summed E-state index contributed by atoms with van der Waals surface area (Å²) in [6.45, 7) is 0. The molecule has 0 aromatic heterocycles. The summed E-state index contributed by atoms with van der Waals surface area (Å²) in [5, 5.41) is 4.58. The first kappa shape index (κ1) is 19.5. The number of hydrogen-bond acceptors (Lipinski definition) is 3. The van der Waals surface area contributed by atoms with E-state index >= 15 is 0 Å². The molecule has 3 aromatic rings. The van der Waals surface area contributed by atoms with Gasteiger partial charge in [0.25, 0.3) is 0 Å². The molecule has 3 aromatic carbocycles. The summed E-state index contributed by atoms with van der Waals surface area (Å²) in [5.74, 6) is -2.68. The van der Waals surface area contributed by atoms with Gasteiger partial charge in [-0.1, -0.05) is 48.5 Å². The van der Waals surface area contributed by atoms with Crippen LogP contribution in [-0.2, 0) is 27.2 Å². The number of rotatable bonds is 6. The molecule has 1 amide bonds. The molecule has 0 fully saturated rings. The number of carbonyl (C=O) groups excluding carboxylic acids is 2. The Bertz CT molecular complexity index is 1010. The minimum atomic E-state index is -0.924. The van der Waals surface area contributed by atoms with Crippen molar-refractivity contribution in [2.75, 3.05) is 7.11 Å². The molecule has 4 nitrogen and oxygen atoms in total. The molecular weight excluding hydrogens is 364 g/mol. The summed E-state index contributed by atoms with van der Waals surface area (Å²) in [6, 6.07) is 15.5. The van der Waals surface area contributed by atoms with Gasteiger partial charge in [-0.3, -0.25) is 4.79 Å². The average Bonchev–Trinajstić information content (AvgIpc) is 2.69. The monoisotopic (exact) mass is 383 g/mol. The third kappa shape index (κ3) is 4.52. The number of carbonyl (C=O) groups is 2. The number of esters is 1. The van der Waals surface area contributed by atoms with E-state index in [1.165, 1.54) is 13.2 Å². The summed E-state index contributed by atoms with van der Waals surface area (Å²) in [5.41, 5.74) is 0.925. The molecule has 0 radical (unpaired) electrons. The summed E-state index contributed by atoms with van der Waals surface area (Å²) in [6.07, 6.45) is -0.0825. The molecule has 0 bridgehead atoms. The summed E-state index contributed by atoms with van der Waals surface area (Å²) < 4.78 is 31.6. The van der Waals surface area contributed by atoms with E-state index in [0.717, 1.165) is 28.5 Å². The quantitative estimate of drug-likeness (QED) is 0.662. The van der Waals surface area contributed by atoms with Crippen molar-refractivity contribution in [3.63, 3.8) is 0 Å². The molecule has 144 valence electrons. The molecule has 28 heavy (non-hydrogen) atoms. The van der Waals surface area contributed by atoms with Crippen LogP contribution in [0, 0.1) is 11.6 Å². The fraction of sp³-hybridized carbons (Fsp3) is 0.182. The molecule has 3 rings (SSSR count). The number of amides is 1. The Balaban J connectivity index is 1.78. The average molecular weight is 383 g/mol. The van der Waals surface area contributed by atoms with Crippen molar-refractivity contribution >= 4 is 22.6 Å². The standard InChI is InChI=1S/C22H19F2NO3/c1-28-22(27)20(11-15-7-4-6-14-5-2-3-8-18(14)15)25-21(26)12-16-9-10-17(23)13-19(16)24/h2-10,13,20H,11-12H2,1H3,(H,25,26)/t20-/m0/s1. The number of fused-ring (bicyclic) bond motifs is 1. The molecule has 0 aliphatic rings. The second-order valence-corrected chi connectivity index (χ2v) is 6.40. The molecular formula is C22H19F2NO3. The van der Waals surface area contributed by atoms with Gasteiger partial charge in [0.05, 0.1) is 13.5 Å². The Kier molecular flexibility index (Phi) is 5.99. The minimum Gasteiger partial charge on any atom is -0.467 e. The third-order valence-electron chi connectivity index (χ3n) is 4.49. The lowest BCUT2D eigenvalue weighted by Crippen LogP contribution is -2.43. The van der Waals surface area contributed by atoms with Gasteiger partial charge in [-0.15, -0.1) is 0 Å². The van der Waals surface area contributed by atoms with Crippen molar-refractivity contribution in [2.45, 2.75) is 18.9 Å². The highest BCUT2D eigenvalue weighted by Crippen LogP contribution is 2.20. The van der Waals surface area contributed by atoms with Crippen molar-refractivity contribution in [1.82, 2.24) is 5.32 Å². The van der Waals surface area contributed by atoms with Crippen molar-refractivity contribution in [3.05, 3.63) is 83.4 Å². The predicted molar refractivity (Wildman–Crippen MR) is 102 cm³/mol. The summed E-state index contributed by atoms with van der Waals surface area (Å²) in [7, 11) is 1.24. The Morgan fingerprint density at radius 3 is 2.50 bits per heavy atom. The molecule has 6 heteroatoms. The highest BCUT2D eigenvalue weighted by atomic mass is 19.1. The Morgan fingerprint density at radius 1 is 1.00 bits per heavy atom. The van der Waals surface area contributed by atoms with Crippen LogP contribution in [0.25, 0.3) is 10.8 Å². The molecule has 0 unspecified atom stereocenters. The van der Waals surface area contributed by atoms with Crippen molar-refractivity contribution in [3.8, 4) is 0 Å². The molecule has 0 heterocycles. The first-order valence-corrected chi connectivity index (χ1v) is 8.75. The van der Waals surface area contributed by atoms with Gasteiger partial charge in [0, 0.05) is 12.5 Å². The summed E-state index contributed by atoms with van der Waals surface area (Å²) in [4.78, 5) is 24.5. The van der Waals surface area contributed by atoms with E-state index in [4.69, 9.17) is 4.74 Å². The highest BCUT2D eigenvalue weighted by Gasteiger charge is 2.23. The van der Waals surface area contributed by atoms with E-state index in [9.17, 15) is 18.4 Å². The Hall–Kier alpha value is -3.28. The van der Waals surface area contributed by atoms with Gasteiger partial charge in [0.1, 0.15) is 17.7 Å². The number of nitrogens with one attached hydrogen (secondary N) is 1. The Morgan fingerprint density at radius 2 is 1.75 bits per heavy atom. The number of ether oxygens (including phenoxy) is 1. The van der Waals surface area contributed by atoms with Crippen LogP contribution in [-0.4, -0.2) is 25.0 Å². The van der Waals surface area contributed by atoms with Crippen LogP contribution >= 0.6 is 0 Å². The first-order chi connectivity index (χ1) is 13.5. The zero-order chi connectivity index (χ0) is 20.1. The minimum absolute atomic E-state index is 0.0488. The van der Waals surface area contributed by atoms with E-state index in [1.807, 2.05) is 42.5 Å². The fourth-order valence-electron chi connectivity index (χ4n) is 3.11. The van der Waals surface area contributed by atoms with Crippen LogP contribution in [0.4, 0.5) is 8.78 Å². The van der Waals surface area contributed by atoms with E-state index in [0.29, 0.717) is 0 Å². The molecule has 0 aliphatic heterocycles. The van der Waals surface area contributed by atoms with Gasteiger partial charge >= 0.3 is 5.97 Å². The maximum absolute atomic E-state index is 13.8. The van der Waals surface area contributed by atoms with E-state index in [1.54, 1.807) is 0 Å². The van der Waals surface area contributed by atoms with Crippen LogP contribution in [0.15, 0.2) is 60.7 Å². The lowest BCUT2D eigenvalue weighted by molar-refractivity contribution is -0.145. The van der Waals surface area contributed by atoms with Gasteiger partial charge in [-0.05, 0) is 28.0 Å². The molecule has 0 aliphatic carbocycles. The fourth-order valence-corrected chi connectivity index (χ4v) is 3.11. The second kappa shape index (κ2) is 8.61. The highest BCUT2D eigenvalue weighted by molar-refractivity contribution is 5.88. The van der Waals surface area contributed by atoms with Gasteiger partial charge in [-0.2, -0.15) is 0 Å². The number of methoxy groups -OCH3 is 1. The lowest BCUT2D eigenvalue weighted by atomic mass is 9.98. The third-order valence-corrected chi connectivity index (χ3v) is 4.49.